The Morgan fingerprint density at radius 2 is 2.16 bits per heavy atom. The number of nitrogens with zero attached hydrogens (tertiary/aromatic N) is 1. The second kappa shape index (κ2) is 7.14. The van der Waals surface area contributed by atoms with Crippen LogP contribution in [0.1, 0.15) is 18.4 Å². The predicted molar refractivity (Wildman–Crippen MR) is 73.3 cm³/mol. The Morgan fingerprint density at radius 3 is 2.84 bits per heavy atom. The van der Waals surface area contributed by atoms with Crippen LogP contribution in [-0.4, -0.2) is 42.4 Å². The second-order valence-electron chi connectivity index (χ2n) is 5.05. The fourth-order valence-corrected chi connectivity index (χ4v) is 2.42. The number of benzene rings is 1. The van der Waals surface area contributed by atoms with Crippen molar-refractivity contribution in [2.45, 2.75) is 19.3 Å². The van der Waals surface area contributed by atoms with Gasteiger partial charge in [0.15, 0.2) is 0 Å². The molecule has 1 aromatic carbocycles. The zero-order chi connectivity index (χ0) is 13.5. The van der Waals surface area contributed by atoms with Crippen LogP contribution in [-0.2, 0) is 11.2 Å². The number of likely N-dealkylation sites (tertiary alicyclic amines) is 1. The Morgan fingerprint density at radius 1 is 1.37 bits per heavy atom. The fraction of sp³-hybridized carbons (Fsp3) is 0.533. The average Bonchev–Trinajstić information content (AvgIpc) is 2.89. The molecule has 1 aliphatic heterocycles. The van der Waals surface area contributed by atoms with E-state index in [0.717, 1.165) is 25.9 Å². The van der Waals surface area contributed by atoms with Crippen LogP contribution >= 0.6 is 0 Å². The molecule has 1 atom stereocenters. The van der Waals surface area contributed by atoms with Crippen molar-refractivity contribution in [2.24, 2.45) is 5.92 Å². The molecule has 0 aliphatic carbocycles. The molecule has 1 aliphatic rings. The van der Waals surface area contributed by atoms with Gasteiger partial charge in [-0.25, -0.2) is 4.79 Å². The second-order valence-corrected chi connectivity index (χ2v) is 5.05. The van der Waals surface area contributed by atoms with Gasteiger partial charge in [-0.05, 0) is 24.8 Å². The summed E-state index contributed by atoms with van der Waals surface area (Å²) in [5.41, 5.74) is 1.34. The molecular formula is C15H21NO3. The number of hydrogen-bond acceptors (Lipinski definition) is 2. The van der Waals surface area contributed by atoms with Gasteiger partial charge >= 0.3 is 6.09 Å². The lowest BCUT2D eigenvalue weighted by Gasteiger charge is -2.12. The number of amides is 1. The maximum absolute atomic E-state index is 10.8. The lowest BCUT2D eigenvalue weighted by atomic mass is 10.1. The van der Waals surface area contributed by atoms with Gasteiger partial charge in [0, 0.05) is 25.6 Å². The summed E-state index contributed by atoms with van der Waals surface area (Å²) < 4.78 is 5.65. The number of ether oxygens (including phenoxy) is 1. The van der Waals surface area contributed by atoms with Crippen molar-refractivity contribution in [1.82, 2.24) is 4.90 Å². The molecule has 4 nitrogen and oxygen atoms in total. The molecule has 1 N–H and O–H groups in total. The zero-order valence-electron chi connectivity index (χ0n) is 11.1. The highest BCUT2D eigenvalue weighted by Crippen LogP contribution is 2.16. The SMILES string of the molecule is O=C(O)N1CC[C@@H](COCCCc2ccccc2)C1. The van der Waals surface area contributed by atoms with Crippen molar-refractivity contribution in [3.63, 3.8) is 0 Å². The summed E-state index contributed by atoms with van der Waals surface area (Å²) in [5, 5.41) is 8.85. The lowest BCUT2D eigenvalue weighted by molar-refractivity contribution is 0.0980. The summed E-state index contributed by atoms with van der Waals surface area (Å²) in [7, 11) is 0. The molecule has 1 heterocycles. The minimum Gasteiger partial charge on any atom is -0.465 e. The minimum absolute atomic E-state index is 0.368. The van der Waals surface area contributed by atoms with Gasteiger partial charge in [0.1, 0.15) is 0 Å². The standard InChI is InChI=1S/C15H21NO3/c17-15(18)16-9-8-14(11-16)12-19-10-4-7-13-5-2-1-3-6-13/h1-3,5-6,14H,4,7-12H2,(H,17,18)/t14-/m1/s1. The van der Waals surface area contributed by atoms with Crippen LogP contribution in [0, 0.1) is 5.92 Å². The molecule has 1 aromatic rings. The topological polar surface area (TPSA) is 49.8 Å². The number of carboxylic acid groups (broad SMARTS) is 1. The molecule has 0 saturated carbocycles. The molecule has 0 unspecified atom stereocenters. The maximum Gasteiger partial charge on any atom is 0.407 e. The predicted octanol–water partition coefficient (Wildman–Crippen LogP) is 2.64. The fourth-order valence-electron chi connectivity index (χ4n) is 2.42. The van der Waals surface area contributed by atoms with Crippen molar-refractivity contribution in [1.29, 1.82) is 0 Å². The van der Waals surface area contributed by atoms with E-state index < -0.39 is 6.09 Å². The number of carbonyl (C=O) groups is 1. The Bertz CT molecular complexity index is 394. The third-order valence-electron chi connectivity index (χ3n) is 3.51. The summed E-state index contributed by atoms with van der Waals surface area (Å²) in [4.78, 5) is 12.2. The van der Waals surface area contributed by atoms with Crippen LogP contribution in [0.5, 0.6) is 0 Å². The van der Waals surface area contributed by atoms with E-state index in [0.29, 0.717) is 25.6 Å². The molecule has 1 fully saturated rings. The molecule has 0 spiro atoms. The Balaban J connectivity index is 1.54. The van der Waals surface area contributed by atoms with Crippen LogP contribution in [0.25, 0.3) is 0 Å². The minimum atomic E-state index is -0.813. The lowest BCUT2D eigenvalue weighted by Crippen LogP contribution is -2.27. The van der Waals surface area contributed by atoms with Gasteiger partial charge in [-0.3, -0.25) is 0 Å². The highest BCUT2D eigenvalue weighted by atomic mass is 16.5. The van der Waals surface area contributed by atoms with Crippen LogP contribution < -0.4 is 0 Å². The van der Waals surface area contributed by atoms with Crippen molar-refractivity contribution >= 4 is 6.09 Å². The smallest absolute Gasteiger partial charge is 0.407 e. The van der Waals surface area contributed by atoms with Crippen LogP contribution in [0.2, 0.25) is 0 Å². The van der Waals surface area contributed by atoms with E-state index in [9.17, 15) is 4.79 Å². The largest absolute Gasteiger partial charge is 0.465 e. The Kier molecular flexibility index (Phi) is 5.21. The highest BCUT2D eigenvalue weighted by Gasteiger charge is 2.25. The van der Waals surface area contributed by atoms with Crippen molar-refractivity contribution in [3.8, 4) is 0 Å². The monoisotopic (exact) mass is 263 g/mol. The van der Waals surface area contributed by atoms with Gasteiger partial charge in [0.2, 0.25) is 0 Å². The molecule has 0 radical (unpaired) electrons. The van der Waals surface area contributed by atoms with Gasteiger partial charge in [0.25, 0.3) is 0 Å². The molecule has 1 amide bonds. The van der Waals surface area contributed by atoms with Crippen LogP contribution in [0.15, 0.2) is 30.3 Å². The summed E-state index contributed by atoms with van der Waals surface area (Å²) in [6.07, 6.45) is 2.16. The van der Waals surface area contributed by atoms with E-state index in [4.69, 9.17) is 9.84 Å². The number of rotatable bonds is 6. The van der Waals surface area contributed by atoms with E-state index in [1.807, 2.05) is 6.07 Å². The molecular weight excluding hydrogens is 242 g/mol. The molecule has 1 saturated heterocycles. The molecule has 2 rings (SSSR count). The molecule has 0 aromatic heterocycles. The quantitative estimate of drug-likeness (QED) is 0.803. The van der Waals surface area contributed by atoms with E-state index in [1.54, 1.807) is 0 Å². The summed E-state index contributed by atoms with van der Waals surface area (Å²) in [6.45, 7) is 2.69. The summed E-state index contributed by atoms with van der Waals surface area (Å²) in [6, 6.07) is 10.4. The van der Waals surface area contributed by atoms with E-state index in [1.165, 1.54) is 10.5 Å². The first-order valence-corrected chi connectivity index (χ1v) is 6.85. The normalized spacial score (nSPS) is 18.7. The number of hydrogen-bond donors (Lipinski definition) is 1. The first kappa shape index (κ1) is 13.9. The maximum atomic E-state index is 10.8. The van der Waals surface area contributed by atoms with Gasteiger partial charge in [-0.1, -0.05) is 30.3 Å². The van der Waals surface area contributed by atoms with E-state index >= 15 is 0 Å². The first-order valence-electron chi connectivity index (χ1n) is 6.85. The average molecular weight is 263 g/mol. The van der Waals surface area contributed by atoms with Crippen LogP contribution in [0.3, 0.4) is 0 Å². The first-order chi connectivity index (χ1) is 9.25. The molecule has 4 heteroatoms. The van der Waals surface area contributed by atoms with Crippen molar-refractivity contribution in [3.05, 3.63) is 35.9 Å². The van der Waals surface area contributed by atoms with Crippen molar-refractivity contribution in [2.75, 3.05) is 26.3 Å². The van der Waals surface area contributed by atoms with Crippen molar-refractivity contribution < 1.29 is 14.6 Å². The van der Waals surface area contributed by atoms with Crippen LogP contribution in [0.4, 0.5) is 4.79 Å². The van der Waals surface area contributed by atoms with Gasteiger partial charge < -0.3 is 14.7 Å². The van der Waals surface area contributed by atoms with Gasteiger partial charge in [-0.2, -0.15) is 0 Å². The highest BCUT2D eigenvalue weighted by molar-refractivity contribution is 5.65. The van der Waals surface area contributed by atoms with E-state index in [2.05, 4.69) is 24.3 Å². The summed E-state index contributed by atoms with van der Waals surface area (Å²) >= 11 is 0. The third kappa shape index (κ3) is 4.56. The molecule has 0 bridgehead atoms. The summed E-state index contributed by atoms with van der Waals surface area (Å²) in [5.74, 6) is 0.368. The molecule has 104 valence electrons. The van der Waals surface area contributed by atoms with Gasteiger partial charge in [0.05, 0.1) is 6.61 Å². The third-order valence-corrected chi connectivity index (χ3v) is 3.51. The zero-order valence-corrected chi connectivity index (χ0v) is 11.1. The van der Waals surface area contributed by atoms with Gasteiger partial charge in [-0.15, -0.1) is 0 Å². The number of aryl methyl sites for hydroxylation is 1. The Labute approximate surface area is 114 Å². The Hall–Kier alpha value is -1.55. The molecule has 19 heavy (non-hydrogen) atoms. The van der Waals surface area contributed by atoms with E-state index in [-0.39, 0.29) is 0 Å².